The van der Waals surface area contributed by atoms with Gasteiger partial charge in [-0.1, -0.05) is 0 Å². The van der Waals surface area contributed by atoms with Crippen molar-refractivity contribution in [3.05, 3.63) is 42.5 Å². The predicted octanol–water partition coefficient (Wildman–Crippen LogP) is 2.94. The van der Waals surface area contributed by atoms with Crippen LogP contribution in [0.2, 0.25) is 0 Å². The van der Waals surface area contributed by atoms with Crippen LogP contribution in [-0.2, 0) is 9.59 Å². The molecule has 0 radical (unpaired) electrons. The van der Waals surface area contributed by atoms with Crippen LogP contribution in [0.5, 0.6) is 5.75 Å². The molecular weight excluding hydrogens is 336 g/mol. The summed E-state index contributed by atoms with van der Waals surface area (Å²) in [6, 6.07) is 12.6. The van der Waals surface area contributed by atoms with Gasteiger partial charge < -0.3 is 19.2 Å². The molecule has 0 bridgehead atoms. The van der Waals surface area contributed by atoms with Crippen molar-refractivity contribution in [2.45, 2.75) is 6.42 Å². The molecule has 0 aliphatic carbocycles. The third-order valence-corrected chi connectivity index (χ3v) is 4.49. The number of hydrogen-bond acceptors (Lipinski definition) is 5. The van der Waals surface area contributed by atoms with Crippen LogP contribution in [-0.4, -0.2) is 35.6 Å². The van der Waals surface area contributed by atoms with E-state index in [1.807, 2.05) is 24.3 Å². The molecule has 1 atom stereocenters. The number of aliphatic carboxylic acids is 1. The van der Waals surface area contributed by atoms with E-state index >= 15 is 0 Å². The van der Waals surface area contributed by atoms with Gasteiger partial charge in [-0.05, 0) is 42.5 Å². The Hall–Kier alpha value is -3.35. The zero-order chi connectivity index (χ0) is 18.3. The van der Waals surface area contributed by atoms with Gasteiger partial charge in [-0.3, -0.25) is 9.59 Å². The quantitative estimate of drug-likeness (QED) is 0.776. The zero-order valence-electron chi connectivity index (χ0n) is 14.0. The van der Waals surface area contributed by atoms with Gasteiger partial charge in [0, 0.05) is 24.2 Å². The highest BCUT2D eigenvalue weighted by atomic mass is 16.5. The number of oxazole rings is 1. The monoisotopic (exact) mass is 352 g/mol. The maximum atomic E-state index is 12.1. The van der Waals surface area contributed by atoms with Crippen LogP contribution in [0.4, 0.5) is 5.69 Å². The average Bonchev–Trinajstić information content (AvgIpc) is 3.24. The fraction of sp³-hybridized carbons (Fsp3) is 0.211. The van der Waals surface area contributed by atoms with E-state index in [1.165, 1.54) is 4.90 Å². The first-order chi connectivity index (χ1) is 12.5. The first kappa shape index (κ1) is 16.1. The Morgan fingerprint density at radius 3 is 2.69 bits per heavy atom. The summed E-state index contributed by atoms with van der Waals surface area (Å²) < 4.78 is 10.9. The number of aromatic nitrogens is 1. The summed E-state index contributed by atoms with van der Waals surface area (Å²) in [5, 5.41) is 9.12. The first-order valence-corrected chi connectivity index (χ1v) is 8.13. The summed E-state index contributed by atoms with van der Waals surface area (Å²) >= 11 is 0. The molecule has 1 amide bonds. The lowest BCUT2D eigenvalue weighted by molar-refractivity contribution is -0.141. The van der Waals surface area contributed by atoms with Crippen molar-refractivity contribution >= 4 is 28.7 Å². The number of anilines is 1. The van der Waals surface area contributed by atoms with Crippen molar-refractivity contribution < 1.29 is 23.8 Å². The normalized spacial score (nSPS) is 17.0. The lowest BCUT2D eigenvalue weighted by Crippen LogP contribution is -2.25. The van der Waals surface area contributed by atoms with Crippen LogP contribution >= 0.6 is 0 Å². The Morgan fingerprint density at radius 1 is 1.27 bits per heavy atom. The fourth-order valence-electron chi connectivity index (χ4n) is 3.06. The fourth-order valence-corrected chi connectivity index (χ4v) is 3.06. The van der Waals surface area contributed by atoms with Crippen molar-refractivity contribution in [3.63, 3.8) is 0 Å². The second kappa shape index (κ2) is 6.18. The van der Waals surface area contributed by atoms with Crippen LogP contribution in [0, 0.1) is 5.92 Å². The molecule has 1 saturated heterocycles. The Bertz CT molecular complexity index is 993. The van der Waals surface area contributed by atoms with E-state index in [9.17, 15) is 9.59 Å². The maximum absolute atomic E-state index is 12.1. The molecule has 7 nitrogen and oxygen atoms in total. The Labute approximate surface area is 148 Å². The maximum Gasteiger partial charge on any atom is 0.308 e. The summed E-state index contributed by atoms with van der Waals surface area (Å²) in [5.41, 5.74) is 2.65. The molecular formula is C19H16N2O5. The second-order valence-corrected chi connectivity index (χ2v) is 6.14. The molecule has 0 unspecified atom stereocenters. The van der Waals surface area contributed by atoms with Crippen molar-refractivity contribution in [1.82, 2.24) is 4.98 Å². The van der Waals surface area contributed by atoms with Gasteiger partial charge in [0.25, 0.3) is 0 Å². The molecule has 3 aromatic rings. The van der Waals surface area contributed by atoms with Gasteiger partial charge in [0.2, 0.25) is 11.8 Å². The number of carbonyl (C=O) groups excluding carboxylic acids is 1. The first-order valence-electron chi connectivity index (χ1n) is 8.13. The molecule has 1 aromatic heterocycles. The molecule has 26 heavy (non-hydrogen) atoms. The average molecular weight is 352 g/mol. The molecule has 4 rings (SSSR count). The van der Waals surface area contributed by atoms with Gasteiger partial charge >= 0.3 is 5.97 Å². The molecule has 0 spiro atoms. The van der Waals surface area contributed by atoms with Crippen LogP contribution in [0.15, 0.2) is 46.9 Å². The van der Waals surface area contributed by atoms with Gasteiger partial charge in [-0.25, -0.2) is 4.98 Å². The molecule has 1 aliphatic rings. The highest BCUT2D eigenvalue weighted by molar-refractivity contribution is 6.00. The minimum Gasteiger partial charge on any atom is -0.497 e. The van der Waals surface area contributed by atoms with E-state index in [1.54, 1.807) is 25.3 Å². The molecule has 1 aliphatic heterocycles. The molecule has 1 fully saturated rings. The molecule has 1 N–H and O–H groups in total. The number of carbonyl (C=O) groups is 2. The predicted molar refractivity (Wildman–Crippen MR) is 94.1 cm³/mol. The SMILES string of the molecule is COc1ccc(-c2nc3cc(N4C[C@H](C(=O)O)CC4=O)ccc3o2)cc1. The van der Waals surface area contributed by atoms with Gasteiger partial charge in [-0.2, -0.15) is 0 Å². The van der Waals surface area contributed by atoms with Crippen LogP contribution in [0.3, 0.4) is 0 Å². The van der Waals surface area contributed by atoms with Crippen LogP contribution in [0.25, 0.3) is 22.6 Å². The smallest absolute Gasteiger partial charge is 0.308 e. The van der Waals surface area contributed by atoms with E-state index < -0.39 is 11.9 Å². The number of benzene rings is 2. The number of ether oxygens (including phenoxy) is 1. The topological polar surface area (TPSA) is 92.9 Å². The van der Waals surface area contributed by atoms with Crippen molar-refractivity contribution in [1.29, 1.82) is 0 Å². The summed E-state index contributed by atoms with van der Waals surface area (Å²) in [6.07, 6.45) is 0.0171. The van der Waals surface area contributed by atoms with E-state index in [2.05, 4.69) is 4.98 Å². The number of hydrogen-bond donors (Lipinski definition) is 1. The third-order valence-electron chi connectivity index (χ3n) is 4.49. The van der Waals surface area contributed by atoms with Gasteiger partial charge in [0.05, 0.1) is 13.0 Å². The van der Waals surface area contributed by atoms with E-state index in [0.29, 0.717) is 22.7 Å². The van der Waals surface area contributed by atoms with Crippen molar-refractivity contribution in [2.24, 2.45) is 5.92 Å². The van der Waals surface area contributed by atoms with Crippen molar-refractivity contribution in [3.8, 4) is 17.2 Å². The number of carboxylic acids is 1. The van der Waals surface area contributed by atoms with E-state index in [-0.39, 0.29) is 18.9 Å². The highest BCUT2D eigenvalue weighted by Crippen LogP contribution is 2.31. The van der Waals surface area contributed by atoms with Crippen molar-refractivity contribution in [2.75, 3.05) is 18.6 Å². The van der Waals surface area contributed by atoms with Gasteiger partial charge in [-0.15, -0.1) is 0 Å². The Kier molecular flexibility index (Phi) is 3.84. The summed E-state index contributed by atoms with van der Waals surface area (Å²) in [5.74, 6) is -0.616. The molecule has 0 saturated carbocycles. The summed E-state index contributed by atoms with van der Waals surface area (Å²) in [4.78, 5) is 29.2. The lowest BCUT2D eigenvalue weighted by Gasteiger charge is -2.15. The summed E-state index contributed by atoms with van der Waals surface area (Å²) in [7, 11) is 1.60. The molecule has 132 valence electrons. The van der Waals surface area contributed by atoms with Crippen LogP contribution in [0.1, 0.15) is 6.42 Å². The minimum absolute atomic E-state index is 0.0171. The van der Waals surface area contributed by atoms with Crippen LogP contribution < -0.4 is 9.64 Å². The second-order valence-electron chi connectivity index (χ2n) is 6.14. The number of fused-ring (bicyclic) bond motifs is 1. The largest absolute Gasteiger partial charge is 0.497 e. The number of amides is 1. The zero-order valence-corrected chi connectivity index (χ0v) is 14.0. The van der Waals surface area contributed by atoms with Gasteiger partial charge in [0.15, 0.2) is 5.58 Å². The number of methoxy groups -OCH3 is 1. The molecule has 2 aromatic carbocycles. The number of carboxylic acid groups (broad SMARTS) is 1. The van der Waals surface area contributed by atoms with E-state index in [4.69, 9.17) is 14.3 Å². The number of nitrogens with zero attached hydrogens (tertiary/aromatic N) is 2. The van der Waals surface area contributed by atoms with Gasteiger partial charge in [0.1, 0.15) is 11.3 Å². The lowest BCUT2D eigenvalue weighted by atomic mass is 10.1. The summed E-state index contributed by atoms with van der Waals surface area (Å²) in [6.45, 7) is 0.170. The Morgan fingerprint density at radius 2 is 2.04 bits per heavy atom. The standard InChI is InChI=1S/C19H16N2O5/c1-25-14-5-2-11(3-6-14)18-20-15-9-13(4-7-16(15)26-18)21-10-12(19(23)24)8-17(21)22/h2-7,9,12H,8,10H2,1H3,(H,23,24)/t12-/m1/s1. The number of rotatable bonds is 4. The minimum atomic E-state index is -0.954. The highest BCUT2D eigenvalue weighted by Gasteiger charge is 2.35. The third kappa shape index (κ3) is 2.77. The van der Waals surface area contributed by atoms with E-state index in [0.717, 1.165) is 11.3 Å². The Balaban J connectivity index is 1.65. The molecule has 2 heterocycles. The molecule has 7 heteroatoms.